The van der Waals surface area contributed by atoms with Gasteiger partial charge in [-0.3, -0.25) is 10.1 Å². The first-order valence-corrected chi connectivity index (χ1v) is 6.99. The lowest BCUT2D eigenvalue weighted by Crippen LogP contribution is -2.15. The second-order valence-corrected chi connectivity index (χ2v) is 5.13. The topological polar surface area (TPSA) is 114 Å². The van der Waals surface area contributed by atoms with Crippen LogP contribution in [-0.4, -0.2) is 16.0 Å². The molecular formula is C15H12F4N4O3. The van der Waals surface area contributed by atoms with E-state index in [4.69, 9.17) is 10.9 Å². The summed E-state index contributed by atoms with van der Waals surface area (Å²) < 4.78 is 52.2. The third-order valence-corrected chi connectivity index (χ3v) is 3.44. The molecule has 11 heteroatoms. The van der Waals surface area contributed by atoms with Crippen LogP contribution in [-0.2, 0) is 12.7 Å². The average Bonchev–Trinajstić information content (AvgIpc) is 2.58. The molecule has 2 rings (SSSR count). The Bertz CT molecular complexity index is 868. The van der Waals surface area contributed by atoms with Crippen molar-refractivity contribution in [2.75, 3.05) is 5.32 Å². The predicted octanol–water partition coefficient (Wildman–Crippen LogP) is 3.46. The number of hydrogen-bond donors (Lipinski definition) is 3. The highest BCUT2D eigenvalue weighted by Gasteiger charge is 2.33. The van der Waals surface area contributed by atoms with Crippen LogP contribution in [0.5, 0.6) is 0 Å². The van der Waals surface area contributed by atoms with Crippen LogP contribution in [0.2, 0.25) is 0 Å². The molecule has 0 aliphatic carbocycles. The Morgan fingerprint density at radius 3 is 2.54 bits per heavy atom. The van der Waals surface area contributed by atoms with Gasteiger partial charge in [0.25, 0.3) is 5.69 Å². The van der Waals surface area contributed by atoms with Crippen LogP contribution >= 0.6 is 0 Å². The van der Waals surface area contributed by atoms with Crippen molar-refractivity contribution in [1.82, 2.24) is 0 Å². The Morgan fingerprint density at radius 1 is 1.27 bits per heavy atom. The first-order valence-electron chi connectivity index (χ1n) is 6.99. The maximum absolute atomic E-state index is 13.1. The molecule has 0 amide bonds. The van der Waals surface area contributed by atoms with E-state index in [1.807, 2.05) is 0 Å². The summed E-state index contributed by atoms with van der Waals surface area (Å²) in [6.07, 6.45) is -4.79. The summed E-state index contributed by atoms with van der Waals surface area (Å²) in [7, 11) is 0. The van der Waals surface area contributed by atoms with E-state index in [1.165, 1.54) is 6.07 Å². The monoisotopic (exact) mass is 372 g/mol. The lowest BCUT2D eigenvalue weighted by atomic mass is 10.1. The molecule has 0 heterocycles. The number of nitro benzene ring substituents is 1. The zero-order chi connectivity index (χ0) is 19.5. The molecular weight excluding hydrogens is 360 g/mol. The van der Waals surface area contributed by atoms with Crippen molar-refractivity contribution in [3.63, 3.8) is 0 Å². The molecule has 0 atom stereocenters. The molecule has 4 N–H and O–H groups in total. The molecule has 0 aliphatic heterocycles. The summed E-state index contributed by atoms with van der Waals surface area (Å²) >= 11 is 0. The van der Waals surface area contributed by atoms with Crippen LogP contribution < -0.4 is 11.1 Å². The fourth-order valence-electron chi connectivity index (χ4n) is 2.21. The highest BCUT2D eigenvalue weighted by Crippen LogP contribution is 2.33. The molecule has 0 saturated heterocycles. The van der Waals surface area contributed by atoms with E-state index in [2.05, 4.69) is 10.5 Å². The van der Waals surface area contributed by atoms with Crippen LogP contribution in [0, 0.1) is 15.9 Å². The molecule has 0 fully saturated rings. The summed E-state index contributed by atoms with van der Waals surface area (Å²) in [5, 5.41) is 25.0. The van der Waals surface area contributed by atoms with Crippen LogP contribution in [0.1, 0.15) is 16.7 Å². The number of nitrogens with two attached hydrogens (primary N) is 1. The summed E-state index contributed by atoms with van der Waals surface area (Å²) in [5.41, 5.74) is 3.47. The van der Waals surface area contributed by atoms with E-state index in [9.17, 15) is 27.7 Å². The zero-order valence-corrected chi connectivity index (χ0v) is 12.9. The highest BCUT2D eigenvalue weighted by molar-refractivity contribution is 5.98. The Kier molecular flexibility index (Phi) is 5.29. The van der Waals surface area contributed by atoms with Crippen LogP contribution in [0.4, 0.5) is 28.9 Å². The molecule has 7 nitrogen and oxygen atoms in total. The summed E-state index contributed by atoms with van der Waals surface area (Å²) in [6.45, 7) is -0.463. The van der Waals surface area contributed by atoms with E-state index in [0.717, 1.165) is 24.3 Å². The van der Waals surface area contributed by atoms with Crippen molar-refractivity contribution in [2.45, 2.75) is 12.7 Å². The standard InChI is InChI=1S/C15H12F4N4O3/c16-10-3-1-9(11(6-10)15(17,18)19)7-21-12-5-8(14(20)22-24)2-4-13(12)23(25)26/h1-6,21,24H,7H2,(H2,20,22). The Hall–Kier alpha value is -3.37. The van der Waals surface area contributed by atoms with Crippen molar-refractivity contribution in [3.8, 4) is 0 Å². The van der Waals surface area contributed by atoms with E-state index in [1.54, 1.807) is 0 Å². The molecule has 0 aliphatic rings. The van der Waals surface area contributed by atoms with Gasteiger partial charge in [-0.05, 0) is 29.8 Å². The number of halogens is 4. The minimum absolute atomic E-state index is 0.121. The SMILES string of the molecule is NC(=NO)c1ccc([N+](=O)[O-])c(NCc2ccc(F)cc2C(F)(F)F)c1. The van der Waals surface area contributed by atoms with Gasteiger partial charge in [0.1, 0.15) is 11.5 Å². The van der Waals surface area contributed by atoms with Gasteiger partial charge in [-0.2, -0.15) is 13.2 Å². The van der Waals surface area contributed by atoms with Gasteiger partial charge in [0.2, 0.25) is 0 Å². The number of nitro groups is 1. The Balaban J connectivity index is 2.39. The van der Waals surface area contributed by atoms with Crippen LogP contribution in [0.25, 0.3) is 0 Å². The molecule has 26 heavy (non-hydrogen) atoms. The number of alkyl halides is 3. The molecule has 138 valence electrons. The predicted molar refractivity (Wildman–Crippen MR) is 84.3 cm³/mol. The van der Waals surface area contributed by atoms with Gasteiger partial charge in [0, 0.05) is 18.2 Å². The fraction of sp³-hybridized carbons (Fsp3) is 0.133. The van der Waals surface area contributed by atoms with Crippen molar-refractivity contribution >= 4 is 17.2 Å². The quantitative estimate of drug-likeness (QED) is 0.186. The summed E-state index contributed by atoms with van der Waals surface area (Å²) in [6, 6.07) is 5.57. The van der Waals surface area contributed by atoms with Gasteiger partial charge in [-0.15, -0.1) is 0 Å². The Labute approximate surface area is 143 Å². The molecule has 0 saturated carbocycles. The normalized spacial score (nSPS) is 12.1. The highest BCUT2D eigenvalue weighted by atomic mass is 19.4. The number of benzene rings is 2. The number of nitrogens with zero attached hydrogens (tertiary/aromatic N) is 2. The van der Waals surface area contributed by atoms with E-state index >= 15 is 0 Å². The molecule has 0 bridgehead atoms. The van der Waals surface area contributed by atoms with E-state index < -0.39 is 34.7 Å². The van der Waals surface area contributed by atoms with Gasteiger partial charge in [0.05, 0.1) is 10.5 Å². The molecule has 2 aromatic rings. The van der Waals surface area contributed by atoms with Gasteiger partial charge < -0.3 is 16.3 Å². The molecule has 0 aromatic heterocycles. The lowest BCUT2D eigenvalue weighted by molar-refractivity contribution is -0.384. The van der Waals surface area contributed by atoms with Gasteiger partial charge >= 0.3 is 6.18 Å². The zero-order valence-electron chi connectivity index (χ0n) is 12.9. The first kappa shape index (κ1) is 19.0. The number of amidine groups is 1. The fourth-order valence-corrected chi connectivity index (χ4v) is 2.21. The van der Waals surface area contributed by atoms with Crippen molar-refractivity contribution in [3.05, 3.63) is 69.0 Å². The lowest BCUT2D eigenvalue weighted by Gasteiger charge is -2.14. The number of nitrogens with one attached hydrogen (secondary N) is 1. The summed E-state index contributed by atoms with van der Waals surface area (Å²) in [5.74, 6) is -1.39. The van der Waals surface area contributed by atoms with Crippen molar-refractivity contribution < 1.29 is 27.7 Å². The second kappa shape index (κ2) is 7.25. The maximum Gasteiger partial charge on any atom is 0.416 e. The second-order valence-electron chi connectivity index (χ2n) is 5.13. The van der Waals surface area contributed by atoms with Gasteiger partial charge in [-0.25, -0.2) is 4.39 Å². The maximum atomic E-state index is 13.1. The van der Waals surface area contributed by atoms with Gasteiger partial charge in [0.15, 0.2) is 5.84 Å². The van der Waals surface area contributed by atoms with E-state index in [0.29, 0.717) is 6.07 Å². The number of rotatable bonds is 5. The van der Waals surface area contributed by atoms with Crippen molar-refractivity contribution in [2.24, 2.45) is 10.9 Å². The van der Waals surface area contributed by atoms with Crippen LogP contribution in [0.15, 0.2) is 41.6 Å². The third-order valence-electron chi connectivity index (χ3n) is 3.44. The summed E-state index contributed by atoms with van der Waals surface area (Å²) in [4.78, 5) is 10.3. The van der Waals surface area contributed by atoms with E-state index in [-0.39, 0.29) is 22.6 Å². The molecule has 0 unspecified atom stereocenters. The largest absolute Gasteiger partial charge is 0.416 e. The van der Waals surface area contributed by atoms with Crippen LogP contribution in [0.3, 0.4) is 0 Å². The van der Waals surface area contributed by atoms with Gasteiger partial charge in [-0.1, -0.05) is 11.2 Å². The van der Waals surface area contributed by atoms with Crippen molar-refractivity contribution in [1.29, 1.82) is 0 Å². The minimum Gasteiger partial charge on any atom is -0.409 e. The molecule has 0 spiro atoms. The smallest absolute Gasteiger partial charge is 0.409 e. The number of hydrogen-bond acceptors (Lipinski definition) is 5. The minimum atomic E-state index is -4.79. The molecule has 2 aromatic carbocycles. The first-order chi connectivity index (χ1) is 12.1. The number of anilines is 1. The molecule has 0 radical (unpaired) electrons. The average molecular weight is 372 g/mol. The Morgan fingerprint density at radius 2 is 1.96 bits per heavy atom. The third kappa shape index (κ3) is 4.18. The number of oxime groups is 1.